The number of carboxylic acid groups (broad SMARTS) is 1. The predicted octanol–water partition coefficient (Wildman–Crippen LogP) is 2.99. The monoisotopic (exact) mass is 477 g/mol. The lowest BCUT2D eigenvalue weighted by molar-refractivity contribution is -0.139. The molecular formula is C25H43N5O4. The number of aromatic nitrogens is 1. The Morgan fingerprint density at radius 3 is 2.68 bits per heavy atom. The Morgan fingerprint density at radius 2 is 2.00 bits per heavy atom. The van der Waals surface area contributed by atoms with Crippen molar-refractivity contribution < 1.29 is 19.4 Å². The van der Waals surface area contributed by atoms with Crippen molar-refractivity contribution in [1.29, 1.82) is 0 Å². The van der Waals surface area contributed by atoms with Crippen molar-refractivity contribution >= 4 is 17.8 Å². The molecule has 1 aromatic heterocycles. The minimum Gasteiger partial charge on any atom is -0.480 e. The first-order valence-electron chi connectivity index (χ1n) is 12.6. The van der Waals surface area contributed by atoms with E-state index in [-0.39, 0.29) is 12.1 Å². The highest BCUT2D eigenvalue weighted by Crippen LogP contribution is 2.20. The van der Waals surface area contributed by atoms with Gasteiger partial charge >= 0.3 is 12.0 Å². The van der Waals surface area contributed by atoms with Crippen molar-refractivity contribution in [3.63, 3.8) is 0 Å². The van der Waals surface area contributed by atoms with Crippen LogP contribution in [0.2, 0.25) is 0 Å². The molecule has 9 heteroatoms. The molecule has 0 radical (unpaired) electrons. The van der Waals surface area contributed by atoms with Crippen LogP contribution < -0.4 is 10.6 Å². The topological polar surface area (TPSA) is 107 Å². The van der Waals surface area contributed by atoms with Gasteiger partial charge in [0.1, 0.15) is 11.9 Å². The molecule has 9 nitrogen and oxygen atoms in total. The number of rotatable bonds is 15. The number of urea groups is 1. The smallest absolute Gasteiger partial charge is 0.326 e. The van der Waals surface area contributed by atoms with E-state index >= 15 is 0 Å². The van der Waals surface area contributed by atoms with Crippen LogP contribution in [0.15, 0.2) is 12.1 Å². The molecular weight excluding hydrogens is 434 g/mol. The number of nitrogens with one attached hydrogen (secondary N) is 2. The number of carbonyl (C=O) groups excluding carboxylic acids is 1. The number of ether oxygens (including phenoxy) is 1. The molecule has 2 atom stereocenters. The van der Waals surface area contributed by atoms with Gasteiger partial charge in [-0.15, -0.1) is 0 Å². The summed E-state index contributed by atoms with van der Waals surface area (Å²) < 4.78 is 5.44. The van der Waals surface area contributed by atoms with Gasteiger partial charge in [0.25, 0.3) is 0 Å². The molecule has 1 aliphatic heterocycles. The van der Waals surface area contributed by atoms with Crippen molar-refractivity contribution in [3.05, 3.63) is 23.4 Å². The Labute approximate surface area is 204 Å². The SMILES string of the molecule is CCN(CC)C(=O)N[C@@H](CCN(CCCCc1ccc2c(n1)NCCC2)C[C@H](C)OC)C(=O)O. The fourth-order valence-electron chi connectivity index (χ4n) is 4.20. The molecule has 3 N–H and O–H groups in total. The molecule has 1 aliphatic rings. The highest BCUT2D eigenvalue weighted by Gasteiger charge is 2.23. The van der Waals surface area contributed by atoms with Crippen LogP contribution in [0.4, 0.5) is 10.6 Å². The van der Waals surface area contributed by atoms with E-state index in [0.29, 0.717) is 32.6 Å². The third-order valence-electron chi connectivity index (χ3n) is 6.41. The second-order valence-electron chi connectivity index (χ2n) is 8.95. The maximum Gasteiger partial charge on any atom is 0.326 e. The summed E-state index contributed by atoms with van der Waals surface area (Å²) in [5.41, 5.74) is 2.41. The number of hydrogen-bond acceptors (Lipinski definition) is 6. The zero-order chi connectivity index (χ0) is 24.9. The molecule has 192 valence electrons. The summed E-state index contributed by atoms with van der Waals surface area (Å²) in [5.74, 6) is 0.0260. The number of nitrogens with zero attached hydrogens (tertiary/aromatic N) is 3. The molecule has 0 aliphatic carbocycles. The first-order valence-corrected chi connectivity index (χ1v) is 12.6. The summed E-state index contributed by atoms with van der Waals surface area (Å²) in [7, 11) is 1.68. The van der Waals surface area contributed by atoms with Crippen molar-refractivity contribution in [2.75, 3.05) is 51.7 Å². The summed E-state index contributed by atoms with van der Waals surface area (Å²) in [6, 6.07) is 3.07. The van der Waals surface area contributed by atoms with Crippen LogP contribution in [0, 0.1) is 0 Å². The normalized spacial score (nSPS) is 14.7. The Kier molecular flexibility index (Phi) is 12.1. The van der Waals surface area contributed by atoms with Crippen LogP contribution in [0.1, 0.15) is 57.7 Å². The van der Waals surface area contributed by atoms with E-state index in [9.17, 15) is 14.7 Å². The zero-order valence-electron chi connectivity index (χ0n) is 21.3. The number of hydrogen-bond donors (Lipinski definition) is 3. The number of pyridine rings is 1. The van der Waals surface area contributed by atoms with E-state index < -0.39 is 12.0 Å². The highest BCUT2D eigenvalue weighted by molar-refractivity contribution is 5.82. The molecule has 34 heavy (non-hydrogen) atoms. The number of carboxylic acids is 1. The number of amides is 2. The minimum absolute atomic E-state index is 0.0435. The van der Waals surface area contributed by atoms with Gasteiger partial charge < -0.3 is 30.3 Å². The molecule has 0 saturated heterocycles. The lowest BCUT2D eigenvalue weighted by Crippen LogP contribution is -2.49. The standard InChI is InChI=1S/C25H43N5O4/c1-5-30(6-2)25(33)28-22(24(31)32)14-17-29(18-19(3)34-4)16-8-7-11-21-13-12-20-10-9-15-26-23(20)27-21/h12-13,19,22H,5-11,14-18H2,1-4H3,(H,26,27)(H,28,33)(H,31,32)/t19-,22-/m0/s1. The fourth-order valence-corrected chi connectivity index (χ4v) is 4.20. The van der Waals surface area contributed by atoms with E-state index in [2.05, 4.69) is 27.7 Å². The van der Waals surface area contributed by atoms with E-state index in [1.165, 1.54) is 5.56 Å². The Hall–Kier alpha value is -2.39. The van der Waals surface area contributed by atoms with E-state index in [0.717, 1.165) is 56.7 Å². The molecule has 0 saturated carbocycles. The van der Waals surface area contributed by atoms with Crippen LogP contribution in [0.3, 0.4) is 0 Å². The quantitative estimate of drug-likeness (QED) is 0.333. The van der Waals surface area contributed by atoms with Crippen molar-refractivity contribution in [2.24, 2.45) is 0 Å². The third-order valence-corrected chi connectivity index (χ3v) is 6.41. The molecule has 0 bridgehead atoms. The van der Waals surface area contributed by atoms with E-state index in [4.69, 9.17) is 9.72 Å². The van der Waals surface area contributed by atoms with Crippen LogP contribution in [-0.4, -0.2) is 90.4 Å². The summed E-state index contributed by atoms with van der Waals surface area (Å²) >= 11 is 0. The van der Waals surface area contributed by atoms with Gasteiger partial charge in [-0.3, -0.25) is 0 Å². The number of unbranched alkanes of at least 4 members (excludes halogenated alkanes) is 1. The number of carbonyl (C=O) groups is 2. The van der Waals surface area contributed by atoms with Crippen LogP contribution in [-0.2, 0) is 22.4 Å². The van der Waals surface area contributed by atoms with Gasteiger partial charge in [0.15, 0.2) is 0 Å². The first-order chi connectivity index (χ1) is 16.4. The number of aliphatic carboxylic acids is 1. The van der Waals surface area contributed by atoms with Crippen molar-refractivity contribution in [2.45, 2.75) is 71.4 Å². The van der Waals surface area contributed by atoms with Gasteiger partial charge in [-0.2, -0.15) is 0 Å². The number of anilines is 1. The first kappa shape index (κ1) is 27.9. The number of methoxy groups -OCH3 is 1. The van der Waals surface area contributed by atoms with E-state index in [1.54, 1.807) is 12.0 Å². The summed E-state index contributed by atoms with van der Waals surface area (Å²) in [5, 5.41) is 15.7. The Morgan fingerprint density at radius 1 is 1.24 bits per heavy atom. The predicted molar refractivity (Wildman–Crippen MR) is 134 cm³/mol. The van der Waals surface area contributed by atoms with Gasteiger partial charge in [-0.1, -0.05) is 6.07 Å². The fraction of sp³-hybridized carbons (Fsp3) is 0.720. The number of aryl methyl sites for hydroxylation is 2. The Balaban J connectivity index is 1.86. The number of fused-ring (bicyclic) bond motifs is 1. The van der Waals surface area contributed by atoms with Crippen molar-refractivity contribution in [3.8, 4) is 0 Å². The van der Waals surface area contributed by atoms with Crippen molar-refractivity contribution in [1.82, 2.24) is 20.1 Å². The van der Waals surface area contributed by atoms with Crippen LogP contribution in [0.5, 0.6) is 0 Å². The van der Waals surface area contributed by atoms with Crippen LogP contribution >= 0.6 is 0 Å². The van der Waals surface area contributed by atoms with Gasteiger partial charge in [0.05, 0.1) is 6.10 Å². The molecule has 2 heterocycles. The lowest BCUT2D eigenvalue weighted by atomic mass is 10.1. The Bertz CT molecular complexity index is 772. The van der Waals surface area contributed by atoms with Crippen LogP contribution in [0.25, 0.3) is 0 Å². The average molecular weight is 478 g/mol. The highest BCUT2D eigenvalue weighted by atomic mass is 16.5. The zero-order valence-corrected chi connectivity index (χ0v) is 21.3. The van der Waals surface area contributed by atoms with Gasteiger partial charge in [-0.25, -0.2) is 14.6 Å². The molecule has 0 aromatic carbocycles. The molecule has 0 spiro atoms. The minimum atomic E-state index is -1.01. The molecule has 1 aromatic rings. The maximum absolute atomic E-state index is 12.3. The molecule has 2 amide bonds. The summed E-state index contributed by atoms with van der Waals surface area (Å²) in [6.07, 6.45) is 5.54. The van der Waals surface area contributed by atoms with Gasteiger partial charge in [0, 0.05) is 45.5 Å². The third kappa shape index (κ3) is 9.10. The second-order valence-corrected chi connectivity index (χ2v) is 8.95. The summed E-state index contributed by atoms with van der Waals surface area (Å²) in [6.45, 7) is 9.97. The maximum atomic E-state index is 12.3. The molecule has 0 fully saturated rings. The largest absolute Gasteiger partial charge is 0.480 e. The van der Waals surface area contributed by atoms with Gasteiger partial charge in [0.2, 0.25) is 0 Å². The molecule has 2 rings (SSSR count). The molecule has 0 unspecified atom stereocenters. The second kappa shape index (κ2) is 14.8. The van der Waals surface area contributed by atoms with Gasteiger partial charge in [-0.05, 0) is 77.5 Å². The summed E-state index contributed by atoms with van der Waals surface area (Å²) in [4.78, 5) is 32.7. The lowest BCUT2D eigenvalue weighted by Gasteiger charge is -2.27. The van der Waals surface area contributed by atoms with E-state index in [1.807, 2.05) is 20.8 Å². The average Bonchev–Trinajstić information content (AvgIpc) is 2.84.